The van der Waals surface area contributed by atoms with E-state index in [1.807, 2.05) is 56.3 Å². The molecule has 2 aromatic carbocycles. The first-order valence-corrected chi connectivity index (χ1v) is 8.91. The molecule has 1 saturated heterocycles. The Morgan fingerprint density at radius 3 is 2.72 bits per heavy atom. The minimum absolute atomic E-state index is 0.0436. The van der Waals surface area contributed by atoms with Gasteiger partial charge in [-0.3, -0.25) is 10.1 Å². The fourth-order valence-electron chi connectivity index (χ4n) is 3.14. The zero-order valence-electron chi connectivity index (χ0n) is 14.9. The Hall–Kier alpha value is -2.17. The molecule has 132 valence electrons. The molecule has 0 radical (unpaired) electrons. The van der Waals surface area contributed by atoms with Gasteiger partial charge >= 0.3 is 0 Å². The minimum atomic E-state index is -0.398. The van der Waals surface area contributed by atoms with E-state index in [2.05, 4.69) is 16.7 Å². The highest BCUT2D eigenvalue weighted by atomic mass is 16.5. The lowest BCUT2D eigenvalue weighted by Gasteiger charge is -2.21. The summed E-state index contributed by atoms with van der Waals surface area (Å²) in [5.41, 5.74) is 4.02. The molecule has 0 aliphatic carbocycles. The second-order valence-electron chi connectivity index (χ2n) is 6.69. The molecule has 1 aliphatic rings. The van der Waals surface area contributed by atoms with Gasteiger partial charge in [-0.05, 0) is 49.4 Å². The van der Waals surface area contributed by atoms with Crippen molar-refractivity contribution in [2.24, 2.45) is 0 Å². The number of hydrogen-bond acceptors (Lipinski definition) is 3. The smallest absolute Gasteiger partial charge is 0.246 e. The number of benzene rings is 2. The Labute approximate surface area is 149 Å². The second kappa shape index (κ2) is 8.28. The van der Waals surface area contributed by atoms with Gasteiger partial charge in [-0.25, -0.2) is 0 Å². The molecule has 4 nitrogen and oxygen atoms in total. The van der Waals surface area contributed by atoms with E-state index in [0.717, 1.165) is 41.8 Å². The van der Waals surface area contributed by atoms with E-state index in [1.54, 1.807) is 0 Å². The number of hydrogen-bond donors (Lipinski definition) is 2. The highest BCUT2D eigenvalue weighted by Gasteiger charge is 2.23. The molecule has 4 heteroatoms. The van der Waals surface area contributed by atoms with Gasteiger partial charge in [0.15, 0.2) is 0 Å². The molecule has 0 aromatic heterocycles. The number of anilines is 1. The molecule has 1 fully saturated rings. The van der Waals surface area contributed by atoms with Crippen LogP contribution >= 0.6 is 0 Å². The van der Waals surface area contributed by atoms with Crippen molar-refractivity contribution >= 4 is 11.6 Å². The predicted molar refractivity (Wildman–Crippen MR) is 101 cm³/mol. The highest BCUT2D eigenvalue weighted by molar-refractivity contribution is 5.96. The molecule has 2 aromatic rings. The highest BCUT2D eigenvalue weighted by Crippen LogP contribution is 2.21. The summed E-state index contributed by atoms with van der Waals surface area (Å²) < 4.78 is 5.68. The molecule has 2 N–H and O–H groups in total. The number of carbonyl (C=O) groups is 1. The summed E-state index contributed by atoms with van der Waals surface area (Å²) >= 11 is 0. The van der Waals surface area contributed by atoms with E-state index in [1.165, 1.54) is 0 Å². The normalized spacial score (nSPS) is 18.1. The Balaban J connectivity index is 1.75. The standard InChI is InChI=1S/C21H26N2O2/c1-15-10-11-16(2)19(13-15)23-21(24)20(17-7-4-3-5-8-17)22-14-18-9-6-12-25-18/h3-5,7-8,10-11,13,18,20,22H,6,9,12,14H2,1-2H3,(H,23,24)/t18-,20-/m0/s1. The van der Waals surface area contributed by atoms with Crippen molar-refractivity contribution in [3.63, 3.8) is 0 Å². The SMILES string of the molecule is Cc1ccc(C)c(NC(=O)[C@@H](NC[C@@H]2CCCO2)c2ccccc2)c1. The van der Waals surface area contributed by atoms with Gasteiger partial charge in [0.2, 0.25) is 5.91 Å². The molecule has 2 atom stereocenters. The van der Waals surface area contributed by atoms with Crippen LogP contribution in [-0.4, -0.2) is 25.2 Å². The van der Waals surface area contributed by atoms with Crippen molar-refractivity contribution < 1.29 is 9.53 Å². The van der Waals surface area contributed by atoms with Crippen molar-refractivity contribution in [1.29, 1.82) is 0 Å². The van der Waals surface area contributed by atoms with Crippen LogP contribution < -0.4 is 10.6 Å². The maximum absolute atomic E-state index is 13.0. The summed E-state index contributed by atoms with van der Waals surface area (Å²) in [6, 6.07) is 15.5. The van der Waals surface area contributed by atoms with Crippen molar-refractivity contribution in [3.05, 3.63) is 65.2 Å². The van der Waals surface area contributed by atoms with Crippen LogP contribution in [0.2, 0.25) is 0 Å². The van der Waals surface area contributed by atoms with E-state index in [4.69, 9.17) is 4.74 Å². The molecular formula is C21H26N2O2. The summed E-state index contributed by atoms with van der Waals surface area (Å²) in [6.07, 6.45) is 2.34. The Morgan fingerprint density at radius 1 is 1.20 bits per heavy atom. The third kappa shape index (κ3) is 4.68. The fraction of sp³-hybridized carbons (Fsp3) is 0.381. The van der Waals surface area contributed by atoms with Crippen molar-refractivity contribution in [2.45, 2.75) is 38.8 Å². The lowest BCUT2D eigenvalue weighted by Crippen LogP contribution is -2.37. The van der Waals surface area contributed by atoms with Gasteiger partial charge in [-0.15, -0.1) is 0 Å². The van der Waals surface area contributed by atoms with Crippen molar-refractivity contribution in [1.82, 2.24) is 5.32 Å². The lowest BCUT2D eigenvalue weighted by molar-refractivity contribution is -0.118. The Morgan fingerprint density at radius 2 is 2.00 bits per heavy atom. The monoisotopic (exact) mass is 338 g/mol. The van der Waals surface area contributed by atoms with Crippen LogP contribution in [0.15, 0.2) is 48.5 Å². The van der Waals surface area contributed by atoms with Gasteiger partial charge in [0.25, 0.3) is 0 Å². The largest absolute Gasteiger partial charge is 0.377 e. The van der Waals surface area contributed by atoms with Gasteiger partial charge in [-0.2, -0.15) is 0 Å². The number of carbonyl (C=O) groups excluding carboxylic acids is 1. The average molecular weight is 338 g/mol. The molecule has 0 unspecified atom stereocenters. The lowest BCUT2D eigenvalue weighted by atomic mass is 10.0. The summed E-state index contributed by atoms with van der Waals surface area (Å²) in [5.74, 6) is -0.0436. The number of rotatable bonds is 6. The quantitative estimate of drug-likeness (QED) is 0.843. The van der Waals surface area contributed by atoms with Gasteiger partial charge in [0, 0.05) is 18.8 Å². The van der Waals surface area contributed by atoms with Crippen LogP contribution in [-0.2, 0) is 9.53 Å². The van der Waals surface area contributed by atoms with E-state index in [9.17, 15) is 4.79 Å². The Bertz CT molecular complexity index is 709. The summed E-state index contributed by atoms with van der Waals surface area (Å²) in [7, 11) is 0. The fourth-order valence-corrected chi connectivity index (χ4v) is 3.14. The van der Waals surface area contributed by atoms with Crippen molar-refractivity contribution in [2.75, 3.05) is 18.5 Å². The summed E-state index contributed by atoms with van der Waals surface area (Å²) in [5, 5.41) is 6.48. The molecule has 25 heavy (non-hydrogen) atoms. The maximum Gasteiger partial charge on any atom is 0.246 e. The molecule has 1 heterocycles. The number of amides is 1. The van der Waals surface area contributed by atoms with Crippen LogP contribution in [0.5, 0.6) is 0 Å². The number of aryl methyl sites for hydroxylation is 2. The van der Waals surface area contributed by atoms with Crippen LogP contribution in [0.3, 0.4) is 0 Å². The van der Waals surface area contributed by atoms with Crippen LogP contribution in [0.4, 0.5) is 5.69 Å². The first-order valence-electron chi connectivity index (χ1n) is 8.91. The summed E-state index contributed by atoms with van der Waals surface area (Å²) in [4.78, 5) is 13.0. The topological polar surface area (TPSA) is 50.4 Å². The maximum atomic E-state index is 13.0. The molecular weight excluding hydrogens is 312 g/mol. The van der Waals surface area contributed by atoms with Crippen LogP contribution in [0.1, 0.15) is 35.6 Å². The molecule has 1 amide bonds. The molecule has 0 saturated carbocycles. The first-order chi connectivity index (χ1) is 12.1. The number of nitrogens with one attached hydrogen (secondary N) is 2. The Kier molecular flexibility index (Phi) is 5.84. The third-order valence-corrected chi connectivity index (χ3v) is 4.62. The van der Waals surface area contributed by atoms with Gasteiger partial charge in [-0.1, -0.05) is 42.5 Å². The second-order valence-corrected chi connectivity index (χ2v) is 6.69. The predicted octanol–water partition coefficient (Wildman–Crippen LogP) is 3.75. The van der Waals surface area contributed by atoms with E-state index in [0.29, 0.717) is 6.54 Å². The first kappa shape index (κ1) is 17.6. The molecule has 1 aliphatic heterocycles. The molecule has 0 spiro atoms. The zero-order valence-corrected chi connectivity index (χ0v) is 14.9. The summed E-state index contributed by atoms with van der Waals surface area (Å²) in [6.45, 7) is 5.53. The average Bonchev–Trinajstić information content (AvgIpc) is 3.13. The van der Waals surface area contributed by atoms with E-state index < -0.39 is 6.04 Å². The van der Waals surface area contributed by atoms with E-state index in [-0.39, 0.29) is 12.0 Å². The van der Waals surface area contributed by atoms with Crippen molar-refractivity contribution in [3.8, 4) is 0 Å². The third-order valence-electron chi connectivity index (χ3n) is 4.62. The van der Waals surface area contributed by atoms with Crippen LogP contribution in [0, 0.1) is 13.8 Å². The van der Waals surface area contributed by atoms with Gasteiger partial charge < -0.3 is 10.1 Å². The van der Waals surface area contributed by atoms with Gasteiger partial charge in [0.1, 0.15) is 6.04 Å². The van der Waals surface area contributed by atoms with E-state index >= 15 is 0 Å². The zero-order chi connectivity index (χ0) is 17.6. The molecule has 3 rings (SSSR count). The van der Waals surface area contributed by atoms with Crippen LogP contribution in [0.25, 0.3) is 0 Å². The number of ether oxygens (including phenoxy) is 1. The molecule has 0 bridgehead atoms. The minimum Gasteiger partial charge on any atom is -0.377 e. The van der Waals surface area contributed by atoms with Gasteiger partial charge in [0.05, 0.1) is 6.10 Å².